The molecule has 1 aliphatic rings. The molecule has 0 amide bonds. The van der Waals surface area contributed by atoms with E-state index in [-0.39, 0.29) is 29.3 Å². The first-order valence-corrected chi connectivity index (χ1v) is 8.48. The summed E-state index contributed by atoms with van der Waals surface area (Å²) in [6.45, 7) is 5.92. The van der Waals surface area contributed by atoms with E-state index in [2.05, 4.69) is 6.92 Å². The van der Waals surface area contributed by atoms with Crippen LogP contribution in [-0.4, -0.2) is 25.1 Å². The van der Waals surface area contributed by atoms with Crippen molar-refractivity contribution in [3.05, 3.63) is 52.6 Å². The number of aromatic hydroxyl groups is 1. The number of fused-ring (bicyclic) bond motifs is 1. The van der Waals surface area contributed by atoms with Crippen LogP contribution in [0.25, 0.3) is 0 Å². The summed E-state index contributed by atoms with van der Waals surface area (Å²) < 4.78 is 10.8. The molecule has 0 radical (unpaired) electrons. The number of phenols is 1. The lowest BCUT2D eigenvalue weighted by Gasteiger charge is -2.36. The highest BCUT2D eigenvalue weighted by atomic mass is 16.5. The van der Waals surface area contributed by atoms with Crippen LogP contribution in [0.3, 0.4) is 0 Å². The lowest BCUT2D eigenvalue weighted by molar-refractivity contribution is 0.0865. The summed E-state index contributed by atoms with van der Waals surface area (Å²) in [4.78, 5) is 12.7. The van der Waals surface area contributed by atoms with E-state index >= 15 is 0 Å². The molecule has 0 unspecified atom stereocenters. The van der Waals surface area contributed by atoms with Crippen LogP contribution in [0.1, 0.15) is 46.8 Å². The third kappa shape index (κ3) is 2.76. The van der Waals surface area contributed by atoms with Crippen molar-refractivity contribution in [1.29, 1.82) is 0 Å². The molecule has 25 heavy (non-hydrogen) atoms. The summed E-state index contributed by atoms with van der Waals surface area (Å²) in [5, 5.41) is 10.1. The molecule has 0 fully saturated rings. The van der Waals surface area contributed by atoms with Gasteiger partial charge in [0.05, 0.1) is 14.2 Å². The zero-order chi connectivity index (χ0) is 18.3. The lowest BCUT2D eigenvalue weighted by Crippen LogP contribution is -2.32. The number of benzene rings is 2. The SMILES string of the molecule is COc1ccc([C@@H]2c3cc(C)c(O)cc3C(=O)[C@@H](C)[C@H]2C)cc1OC. The Morgan fingerprint density at radius 1 is 1.00 bits per heavy atom. The van der Waals surface area contributed by atoms with Gasteiger partial charge in [0.2, 0.25) is 0 Å². The summed E-state index contributed by atoms with van der Waals surface area (Å²) in [7, 11) is 3.23. The Labute approximate surface area is 148 Å². The second-order valence-corrected chi connectivity index (χ2v) is 6.83. The summed E-state index contributed by atoms with van der Waals surface area (Å²) in [6, 6.07) is 9.45. The molecule has 0 heterocycles. The Balaban J connectivity index is 2.20. The number of ether oxygens (including phenoxy) is 2. The number of aryl methyl sites for hydroxylation is 1. The molecule has 2 aromatic carbocycles. The molecule has 0 saturated heterocycles. The number of ketones is 1. The first kappa shape index (κ1) is 17.3. The highest BCUT2D eigenvalue weighted by molar-refractivity contribution is 6.01. The zero-order valence-corrected chi connectivity index (χ0v) is 15.3. The van der Waals surface area contributed by atoms with Gasteiger partial charge < -0.3 is 14.6 Å². The maximum Gasteiger partial charge on any atom is 0.166 e. The Morgan fingerprint density at radius 3 is 2.32 bits per heavy atom. The minimum Gasteiger partial charge on any atom is -0.508 e. The predicted octanol–water partition coefficient (Wildman–Crippen LogP) is 4.32. The van der Waals surface area contributed by atoms with Crippen LogP contribution in [0.5, 0.6) is 17.2 Å². The Bertz CT molecular complexity index is 825. The Hall–Kier alpha value is -2.49. The lowest BCUT2D eigenvalue weighted by atomic mass is 9.67. The van der Waals surface area contributed by atoms with Gasteiger partial charge in [0.25, 0.3) is 0 Å². The average Bonchev–Trinajstić information content (AvgIpc) is 2.61. The molecular formula is C21H24O4. The summed E-state index contributed by atoms with van der Waals surface area (Å²) >= 11 is 0. The standard InChI is InChI=1S/C21H24O4/c1-11-8-15-16(10-17(11)22)21(23)13(3)12(2)20(15)14-6-7-18(24-4)19(9-14)25-5/h6-10,12-13,20,22H,1-5H3/t12-,13+,20-/m1/s1. The predicted molar refractivity (Wildman–Crippen MR) is 96.9 cm³/mol. The monoisotopic (exact) mass is 340 g/mol. The van der Waals surface area contributed by atoms with Crippen molar-refractivity contribution in [3.63, 3.8) is 0 Å². The van der Waals surface area contributed by atoms with Crippen LogP contribution < -0.4 is 9.47 Å². The molecule has 0 spiro atoms. The van der Waals surface area contributed by atoms with E-state index in [1.54, 1.807) is 20.3 Å². The topological polar surface area (TPSA) is 55.8 Å². The number of methoxy groups -OCH3 is 2. The number of phenolic OH excluding ortho intramolecular Hbond substituents is 1. The third-order valence-electron chi connectivity index (χ3n) is 5.46. The molecule has 0 aliphatic heterocycles. The molecule has 3 rings (SSSR count). The number of carbonyl (C=O) groups is 1. The molecular weight excluding hydrogens is 316 g/mol. The maximum atomic E-state index is 12.7. The number of rotatable bonds is 3. The van der Waals surface area contributed by atoms with E-state index in [0.717, 1.165) is 16.7 Å². The number of carbonyl (C=O) groups excluding carboxylic acids is 1. The fourth-order valence-corrected chi connectivity index (χ4v) is 3.77. The van der Waals surface area contributed by atoms with E-state index < -0.39 is 0 Å². The first-order chi connectivity index (χ1) is 11.9. The van der Waals surface area contributed by atoms with Gasteiger partial charge >= 0.3 is 0 Å². The van der Waals surface area contributed by atoms with Crippen LogP contribution >= 0.6 is 0 Å². The summed E-state index contributed by atoms with van der Waals surface area (Å²) in [6.07, 6.45) is 0. The van der Waals surface area contributed by atoms with Crippen LogP contribution in [0.2, 0.25) is 0 Å². The number of Topliss-reactive ketones (excluding diaryl/α,β-unsaturated/α-hetero) is 1. The van der Waals surface area contributed by atoms with Crippen molar-refractivity contribution < 1.29 is 19.4 Å². The highest BCUT2D eigenvalue weighted by Crippen LogP contribution is 2.46. The molecule has 0 bridgehead atoms. The van der Waals surface area contributed by atoms with E-state index in [4.69, 9.17) is 9.47 Å². The summed E-state index contributed by atoms with van der Waals surface area (Å²) in [5.74, 6) is 1.70. The molecule has 1 N–H and O–H groups in total. The molecule has 132 valence electrons. The van der Waals surface area contributed by atoms with Gasteiger partial charge in [0.1, 0.15) is 5.75 Å². The molecule has 4 nitrogen and oxygen atoms in total. The van der Waals surface area contributed by atoms with Crippen molar-refractivity contribution in [3.8, 4) is 17.2 Å². The molecule has 2 aromatic rings. The fourth-order valence-electron chi connectivity index (χ4n) is 3.77. The van der Waals surface area contributed by atoms with Crippen molar-refractivity contribution in [1.82, 2.24) is 0 Å². The second-order valence-electron chi connectivity index (χ2n) is 6.83. The molecule has 4 heteroatoms. The first-order valence-electron chi connectivity index (χ1n) is 8.48. The molecule has 0 saturated carbocycles. The van der Waals surface area contributed by atoms with E-state index in [9.17, 15) is 9.90 Å². The van der Waals surface area contributed by atoms with Crippen LogP contribution in [0.4, 0.5) is 0 Å². The van der Waals surface area contributed by atoms with Crippen molar-refractivity contribution in [2.75, 3.05) is 14.2 Å². The van der Waals surface area contributed by atoms with Gasteiger partial charge in [-0.25, -0.2) is 0 Å². The minimum absolute atomic E-state index is 0.0572. The Morgan fingerprint density at radius 2 is 1.68 bits per heavy atom. The van der Waals surface area contributed by atoms with Gasteiger partial charge in [0, 0.05) is 17.4 Å². The summed E-state index contributed by atoms with van der Waals surface area (Å²) in [5.41, 5.74) is 3.45. The van der Waals surface area contributed by atoms with Gasteiger partial charge in [-0.1, -0.05) is 26.0 Å². The molecule has 0 aromatic heterocycles. The Kier molecular flexibility index (Phi) is 4.46. The van der Waals surface area contributed by atoms with Crippen LogP contribution in [0, 0.1) is 18.8 Å². The number of hydrogen-bond acceptors (Lipinski definition) is 4. The average molecular weight is 340 g/mol. The highest BCUT2D eigenvalue weighted by Gasteiger charge is 2.38. The number of hydrogen-bond donors (Lipinski definition) is 1. The maximum absolute atomic E-state index is 12.7. The van der Waals surface area contributed by atoms with E-state index in [1.165, 1.54) is 0 Å². The van der Waals surface area contributed by atoms with Gasteiger partial charge in [0.15, 0.2) is 17.3 Å². The van der Waals surface area contributed by atoms with Gasteiger partial charge in [-0.15, -0.1) is 0 Å². The van der Waals surface area contributed by atoms with Crippen molar-refractivity contribution in [2.24, 2.45) is 11.8 Å². The van der Waals surface area contributed by atoms with E-state index in [0.29, 0.717) is 17.1 Å². The van der Waals surface area contributed by atoms with Gasteiger partial charge in [-0.3, -0.25) is 4.79 Å². The third-order valence-corrected chi connectivity index (χ3v) is 5.46. The van der Waals surface area contributed by atoms with Crippen LogP contribution in [0.15, 0.2) is 30.3 Å². The zero-order valence-electron chi connectivity index (χ0n) is 15.3. The van der Waals surface area contributed by atoms with Gasteiger partial charge in [-0.05, 0) is 47.7 Å². The van der Waals surface area contributed by atoms with Crippen LogP contribution in [-0.2, 0) is 0 Å². The minimum atomic E-state index is -0.118. The fraction of sp³-hybridized carbons (Fsp3) is 0.381. The van der Waals surface area contributed by atoms with Crippen molar-refractivity contribution >= 4 is 5.78 Å². The normalized spacial score (nSPS) is 22.4. The molecule has 1 aliphatic carbocycles. The van der Waals surface area contributed by atoms with Crippen molar-refractivity contribution in [2.45, 2.75) is 26.7 Å². The smallest absolute Gasteiger partial charge is 0.166 e. The molecule has 3 atom stereocenters. The quantitative estimate of drug-likeness (QED) is 0.904. The second kappa shape index (κ2) is 6.43. The van der Waals surface area contributed by atoms with E-state index in [1.807, 2.05) is 38.1 Å². The largest absolute Gasteiger partial charge is 0.508 e. The van der Waals surface area contributed by atoms with Gasteiger partial charge in [-0.2, -0.15) is 0 Å².